The van der Waals surface area contributed by atoms with Gasteiger partial charge in [0.1, 0.15) is 0 Å². The minimum Gasteiger partial charge on any atom is -0.370 e. The molecule has 120 valence electrons. The lowest BCUT2D eigenvalue weighted by Crippen LogP contribution is -2.36. The molecule has 0 radical (unpaired) electrons. The summed E-state index contributed by atoms with van der Waals surface area (Å²) in [5, 5.41) is 2.09. The maximum Gasteiger partial charge on any atom is 0.318 e. The number of amides is 3. The van der Waals surface area contributed by atoms with Gasteiger partial charge < -0.3 is 15.5 Å². The van der Waals surface area contributed by atoms with Crippen LogP contribution >= 0.6 is 0 Å². The summed E-state index contributed by atoms with van der Waals surface area (Å²) in [6.45, 7) is 4.96. The minimum atomic E-state index is -0.779. The van der Waals surface area contributed by atoms with Crippen molar-refractivity contribution in [2.24, 2.45) is 5.73 Å². The van der Waals surface area contributed by atoms with Crippen LogP contribution in [0.1, 0.15) is 19.3 Å². The van der Waals surface area contributed by atoms with Crippen LogP contribution in [0.2, 0.25) is 0 Å². The molecule has 1 saturated heterocycles. The van der Waals surface area contributed by atoms with Crippen LogP contribution in [-0.4, -0.2) is 49.6 Å². The summed E-state index contributed by atoms with van der Waals surface area (Å²) in [5.41, 5.74) is 6.18. The predicted octanol–water partition coefficient (Wildman–Crippen LogP) is 1.17. The normalized spacial score (nSPS) is 16.1. The summed E-state index contributed by atoms with van der Waals surface area (Å²) in [6.07, 6.45) is 2.19. The number of para-hydroxylation sites is 1. The van der Waals surface area contributed by atoms with Crippen molar-refractivity contribution in [2.45, 2.75) is 19.3 Å². The maximum atomic E-state index is 11.4. The summed E-state index contributed by atoms with van der Waals surface area (Å²) in [5.74, 6) is -0.298. The lowest BCUT2D eigenvalue weighted by atomic mass is 10.2. The first-order chi connectivity index (χ1) is 10.6. The predicted molar refractivity (Wildman–Crippen MR) is 86.7 cm³/mol. The molecule has 3 N–H and O–H groups in total. The smallest absolute Gasteiger partial charge is 0.318 e. The third-order valence-electron chi connectivity index (χ3n) is 3.85. The molecule has 1 aromatic carbocycles. The highest BCUT2D eigenvalue weighted by Crippen LogP contribution is 2.15. The number of anilines is 1. The second-order valence-electron chi connectivity index (χ2n) is 5.53. The van der Waals surface area contributed by atoms with Crippen LogP contribution in [0.4, 0.5) is 10.5 Å². The molecule has 1 aliphatic rings. The number of nitrogens with one attached hydrogen (secondary N) is 1. The molecule has 1 aromatic rings. The summed E-state index contributed by atoms with van der Waals surface area (Å²) < 4.78 is 0. The lowest BCUT2D eigenvalue weighted by molar-refractivity contribution is -0.120. The zero-order valence-electron chi connectivity index (χ0n) is 12.8. The van der Waals surface area contributed by atoms with E-state index in [2.05, 4.69) is 39.4 Å². The van der Waals surface area contributed by atoms with Crippen LogP contribution in [0.3, 0.4) is 0 Å². The van der Waals surface area contributed by atoms with Crippen molar-refractivity contribution in [3.63, 3.8) is 0 Å². The van der Waals surface area contributed by atoms with Crippen molar-refractivity contribution in [2.75, 3.05) is 37.6 Å². The molecule has 2 rings (SSSR count). The van der Waals surface area contributed by atoms with Gasteiger partial charge in [0.2, 0.25) is 5.91 Å². The standard InChI is InChI=1S/C16H24N4O2/c17-16(22)18-15(21)8-4-9-19-10-5-11-20(13-12-19)14-6-2-1-3-7-14/h1-3,6-7H,4-5,8-13H2,(H3,17,18,21,22). The quantitative estimate of drug-likeness (QED) is 0.856. The van der Waals surface area contributed by atoms with E-state index in [-0.39, 0.29) is 5.91 Å². The zero-order valence-corrected chi connectivity index (χ0v) is 12.8. The fraction of sp³-hybridized carbons (Fsp3) is 0.500. The first-order valence-electron chi connectivity index (χ1n) is 7.77. The second kappa shape index (κ2) is 8.38. The molecule has 1 aliphatic heterocycles. The van der Waals surface area contributed by atoms with Gasteiger partial charge in [0.15, 0.2) is 0 Å². The van der Waals surface area contributed by atoms with E-state index in [9.17, 15) is 9.59 Å². The van der Waals surface area contributed by atoms with Crippen LogP contribution in [-0.2, 0) is 4.79 Å². The molecule has 0 bridgehead atoms. The number of urea groups is 1. The van der Waals surface area contributed by atoms with E-state index < -0.39 is 6.03 Å². The van der Waals surface area contributed by atoms with E-state index in [1.165, 1.54) is 5.69 Å². The number of rotatable bonds is 5. The van der Waals surface area contributed by atoms with Gasteiger partial charge in [-0.2, -0.15) is 0 Å². The molecule has 0 atom stereocenters. The van der Waals surface area contributed by atoms with E-state index >= 15 is 0 Å². The largest absolute Gasteiger partial charge is 0.370 e. The SMILES string of the molecule is NC(=O)NC(=O)CCCN1CCCN(c2ccccc2)CC1. The molecule has 0 aromatic heterocycles. The Morgan fingerprint density at radius 1 is 1.09 bits per heavy atom. The van der Waals surface area contributed by atoms with Crippen LogP contribution < -0.4 is 16.0 Å². The highest BCUT2D eigenvalue weighted by atomic mass is 16.2. The van der Waals surface area contributed by atoms with Crippen LogP contribution in [0.15, 0.2) is 30.3 Å². The van der Waals surface area contributed by atoms with Crippen molar-refractivity contribution in [3.8, 4) is 0 Å². The molecule has 1 fully saturated rings. The molecule has 0 aliphatic carbocycles. The third-order valence-corrected chi connectivity index (χ3v) is 3.85. The molecule has 0 saturated carbocycles. The van der Waals surface area contributed by atoms with Crippen molar-refractivity contribution in [1.82, 2.24) is 10.2 Å². The fourth-order valence-corrected chi connectivity index (χ4v) is 2.75. The number of nitrogens with zero attached hydrogens (tertiary/aromatic N) is 2. The monoisotopic (exact) mass is 304 g/mol. The number of primary amides is 1. The fourth-order valence-electron chi connectivity index (χ4n) is 2.75. The Morgan fingerprint density at radius 3 is 2.59 bits per heavy atom. The average Bonchev–Trinajstić information content (AvgIpc) is 2.73. The van der Waals surface area contributed by atoms with Crippen LogP contribution in [0, 0.1) is 0 Å². The highest BCUT2D eigenvalue weighted by Gasteiger charge is 2.15. The van der Waals surface area contributed by atoms with E-state index in [4.69, 9.17) is 5.73 Å². The van der Waals surface area contributed by atoms with Crippen molar-refractivity contribution in [1.29, 1.82) is 0 Å². The molecule has 3 amide bonds. The van der Waals surface area contributed by atoms with Gasteiger partial charge in [-0.15, -0.1) is 0 Å². The number of carbonyl (C=O) groups excluding carboxylic acids is 2. The van der Waals surface area contributed by atoms with Gasteiger partial charge in [0.25, 0.3) is 0 Å². The first-order valence-corrected chi connectivity index (χ1v) is 7.77. The Balaban J connectivity index is 1.72. The number of carbonyl (C=O) groups is 2. The summed E-state index contributed by atoms with van der Waals surface area (Å²) >= 11 is 0. The molecule has 6 heteroatoms. The van der Waals surface area contributed by atoms with Gasteiger partial charge in [-0.25, -0.2) is 4.79 Å². The number of imide groups is 1. The molecule has 22 heavy (non-hydrogen) atoms. The topological polar surface area (TPSA) is 78.7 Å². The van der Waals surface area contributed by atoms with Gasteiger partial charge in [0, 0.05) is 31.7 Å². The summed E-state index contributed by atoms with van der Waals surface area (Å²) in [7, 11) is 0. The number of hydrogen-bond acceptors (Lipinski definition) is 4. The summed E-state index contributed by atoms with van der Waals surface area (Å²) in [4.78, 5) is 26.7. The van der Waals surface area contributed by atoms with E-state index in [1.54, 1.807) is 0 Å². The molecule has 1 heterocycles. The highest BCUT2D eigenvalue weighted by molar-refractivity contribution is 5.93. The Labute approximate surface area is 131 Å². The van der Waals surface area contributed by atoms with Gasteiger partial charge in [0.05, 0.1) is 0 Å². The van der Waals surface area contributed by atoms with Gasteiger partial charge >= 0.3 is 6.03 Å². The van der Waals surface area contributed by atoms with Gasteiger partial charge in [-0.3, -0.25) is 10.1 Å². The number of benzene rings is 1. The van der Waals surface area contributed by atoms with Crippen LogP contribution in [0.25, 0.3) is 0 Å². The van der Waals surface area contributed by atoms with Crippen molar-refractivity contribution in [3.05, 3.63) is 30.3 Å². The molecular weight excluding hydrogens is 280 g/mol. The van der Waals surface area contributed by atoms with Gasteiger partial charge in [-0.05, 0) is 38.1 Å². The number of nitrogens with two attached hydrogens (primary N) is 1. The molecule has 0 unspecified atom stereocenters. The van der Waals surface area contributed by atoms with E-state index in [0.717, 1.165) is 45.6 Å². The average molecular weight is 304 g/mol. The van der Waals surface area contributed by atoms with Crippen LogP contribution in [0.5, 0.6) is 0 Å². The van der Waals surface area contributed by atoms with E-state index in [1.807, 2.05) is 6.07 Å². The van der Waals surface area contributed by atoms with Crippen molar-refractivity contribution < 1.29 is 9.59 Å². The van der Waals surface area contributed by atoms with Gasteiger partial charge in [-0.1, -0.05) is 18.2 Å². The second-order valence-corrected chi connectivity index (χ2v) is 5.53. The first kappa shape index (κ1) is 16.3. The Bertz CT molecular complexity index is 492. The third kappa shape index (κ3) is 5.37. The van der Waals surface area contributed by atoms with E-state index in [0.29, 0.717) is 6.42 Å². The Hall–Kier alpha value is -2.08. The maximum absolute atomic E-state index is 11.4. The molecular formula is C16H24N4O2. The Kier molecular flexibility index (Phi) is 6.21. The zero-order chi connectivity index (χ0) is 15.8. The number of hydrogen-bond donors (Lipinski definition) is 2. The molecule has 0 spiro atoms. The lowest BCUT2D eigenvalue weighted by Gasteiger charge is -2.23. The molecule has 6 nitrogen and oxygen atoms in total. The van der Waals surface area contributed by atoms with Crippen molar-refractivity contribution >= 4 is 17.6 Å². The Morgan fingerprint density at radius 2 is 1.86 bits per heavy atom. The minimum absolute atomic E-state index is 0.298. The summed E-state index contributed by atoms with van der Waals surface area (Å²) in [6, 6.07) is 9.67.